The second-order valence-corrected chi connectivity index (χ2v) is 4.25. The smallest absolute Gasteiger partial charge is 0.401 e. The van der Waals surface area contributed by atoms with E-state index in [4.69, 9.17) is 5.11 Å². The molecule has 100 valence electrons. The maximum absolute atomic E-state index is 12.1. The SMILES string of the molecule is CN(CC(=O)O)[C@@H]1CN(CC(F)(F)F)C[C@H]1O. The monoisotopic (exact) mass is 256 g/mol. The van der Waals surface area contributed by atoms with Gasteiger partial charge in [0.05, 0.1) is 19.2 Å². The first-order valence-corrected chi connectivity index (χ1v) is 5.08. The van der Waals surface area contributed by atoms with E-state index in [-0.39, 0.29) is 19.6 Å². The molecule has 5 nitrogen and oxygen atoms in total. The van der Waals surface area contributed by atoms with Gasteiger partial charge in [-0.15, -0.1) is 0 Å². The molecule has 8 heteroatoms. The molecule has 0 unspecified atom stereocenters. The molecule has 1 aliphatic heterocycles. The third-order valence-corrected chi connectivity index (χ3v) is 2.69. The predicted octanol–water partition coefficient (Wildman–Crippen LogP) is -0.390. The van der Waals surface area contributed by atoms with Gasteiger partial charge < -0.3 is 10.2 Å². The highest BCUT2D eigenvalue weighted by Gasteiger charge is 2.39. The van der Waals surface area contributed by atoms with Crippen molar-refractivity contribution in [1.82, 2.24) is 9.80 Å². The fourth-order valence-corrected chi connectivity index (χ4v) is 1.99. The molecule has 0 aromatic heterocycles. The first kappa shape index (κ1) is 14.2. The number of carboxylic acids is 1. The van der Waals surface area contributed by atoms with E-state index >= 15 is 0 Å². The number of likely N-dealkylation sites (N-methyl/N-ethyl adjacent to an activating group) is 1. The summed E-state index contributed by atoms with van der Waals surface area (Å²) in [6.07, 6.45) is -5.26. The maximum Gasteiger partial charge on any atom is 0.401 e. The molecule has 0 aliphatic carbocycles. The number of carbonyl (C=O) groups is 1. The lowest BCUT2D eigenvalue weighted by atomic mass is 10.2. The van der Waals surface area contributed by atoms with Crippen LogP contribution in [0.3, 0.4) is 0 Å². The fraction of sp³-hybridized carbons (Fsp3) is 0.889. The van der Waals surface area contributed by atoms with Gasteiger partial charge in [-0.1, -0.05) is 0 Å². The van der Waals surface area contributed by atoms with E-state index in [1.807, 2.05) is 0 Å². The molecule has 1 saturated heterocycles. The number of β-amino-alcohol motifs (C(OH)–C–C–N with tert-alkyl or cyclic N) is 1. The van der Waals surface area contributed by atoms with E-state index in [2.05, 4.69) is 0 Å². The van der Waals surface area contributed by atoms with Crippen LogP contribution in [0.1, 0.15) is 0 Å². The summed E-state index contributed by atoms with van der Waals surface area (Å²) < 4.78 is 36.4. The summed E-state index contributed by atoms with van der Waals surface area (Å²) in [7, 11) is 1.47. The van der Waals surface area contributed by atoms with E-state index in [0.29, 0.717) is 0 Å². The zero-order valence-electron chi connectivity index (χ0n) is 9.31. The second-order valence-electron chi connectivity index (χ2n) is 4.25. The Kier molecular flexibility index (Phi) is 4.34. The Bertz CT molecular complexity index is 285. The van der Waals surface area contributed by atoms with Crippen molar-refractivity contribution in [2.45, 2.75) is 18.3 Å². The van der Waals surface area contributed by atoms with E-state index in [1.54, 1.807) is 0 Å². The molecule has 1 fully saturated rings. The van der Waals surface area contributed by atoms with E-state index in [0.717, 1.165) is 4.90 Å². The second kappa shape index (κ2) is 5.19. The normalized spacial score (nSPS) is 26.7. The van der Waals surface area contributed by atoms with Crippen molar-refractivity contribution < 1.29 is 28.2 Å². The minimum Gasteiger partial charge on any atom is -0.480 e. The number of hydrogen-bond acceptors (Lipinski definition) is 4. The highest BCUT2D eigenvalue weighted by Crippen LogP contribution is 2.21. The summed E-state index contributed by atoms with van der Waals surface area (Å²) >= 11 is 0. The Morgan fingerprint density at radius 2 is 2.06 bits per heavy atom. The average Bonchev–Trinajstić information content (AvgIpc) is 2.41. The highest BCUT2D eigenvalue weighted by atomic mass is 19.4. The van der Waals surface area contributed by atoms with E-state index in [1.165, 1.54) is 11.9 Å². The van der Waals surface area contributed by atoms with Gasteiger partial charge in [-0.25, -0.2) is 0 Å². The summed E-state index contributed by atoms with van der Waals surface area (Å²) in [6.45, 7) is -1.46. The molecule has 2 atom stereocenters. The van der Waals surface area contributed by atoms with Crippen LogP contribution >= 0.6 is 0 Å². The molecule has 0 aromatic carbocycles. The van der Waals surface area contributed by atoms with Crippen molar-refractivity contribution in [1.29, 1.82) is 0 Å². The first-order valence-electron chi connectivity index (χ1n) is 5.08. The summed E-state index contributed by atoms with van der Waals surface area (Å²) in [5.74, 6) is -1.08. The van der Waals surface area contributed by atoms with Crippen LogP contribution in [0.2, 0.25) is 0 Å². The molecule has 2 N–H and O–H groups in total. The number of rotatable bonds is 4. The standard InChI is InChI=1S/C9H15F3N2O3/c1-13(4-8(16)17)6-2-14(3-7(6)15)5-9(10,11)12/h6-7,15H,2-5H2,1H3,(H,16,17)/t6-,7-/m1/s1. The van der Waals surface area contributed by atoms with E-state index < -0.39 is 30.8 Å². The molecule has 1 rings (SSSR count). The average molecular weight is 256 g/mol. The number of aliphatic hydroxyl groups is 1. The number of alkyl halides is 3. The number of nitrogens with zero attached hydrogens (tertiary/aromatic N) is 2. The highest BCUT2D eigenvalue weighted by molar-refractivity contribution is 5.69. The summed E-state index contributed by atoms with van der Waals surface area (Å²) in [4.78, 5) is 12.9. The van der Waals surface area contributed by atoms with Gasteiger partial charge in [0.1, 0.15) is 0 Å². The number of carboxylic acid groups (broad SMARTS) is 1. The van der Waals surface area contributed by atoms with Gasteiger partial charge in [0.25, 0.3) is 0 Å². The number of aliphatic carboxylic acids is 1. The van der Waals surface area contributed by atoms with Crippen molar-refractivity contribution in [3.8, 4) is 0 Å². The topological polar surface area (TPSA) is 64.0 Å². The molecule has 0 radical (unpaired) electrons. The van der Waals surface area contributed by atoms with Crippen LogP contribution in [-0.4, -0.2) is 77.5 Å². The summed E-state index contributed by atoms with van der Waals surface area (Å²) in [6, 6.07) is -0.576. The Morgan fingerprint density at radius 1 is 1.47 bits per heavy atom. The molecule has 0 saturated carbocycles. The van der Waals surface area contributed by atoms with Crippen LogP contribution in [0.4, 0.5) is 13.2 Å². The molecule has 1 heterocycles. The third kappa shape index (κ3) is 4.49. The van der Waals surface area contributed by atoms with Crippen LogP contribution in [0.15, 0.2) is 0 Å². The maximum atomic E-state index is 12.1. The van der Waals surface area contributed by atoms with Gasteiger partial charge in [-0.05, 0) is 7.05 Å². The number of likely N-dealkylation sites (tertiary alicyclic amines) is 1. The fourth-order valence-electron chi connectivity index (χ4n) is 1.99. The van der Waals surface area contributed by atoms with Crippen molar-refractivity contribution >= 4 is 5.97 Å². The van der Waals surface area contributed by atoms with Crippen molar-refractivity contribution in [3.63, 3.8) is 0 Å². The van der Waals surface area contributed by atoms with Crippen molar-refractivity contribution in [2.75, 3.05) is 33.2 Å². The number of aliphatic hydroxyl groups excluding tert-OH is 1. The van der Waals surface area contributed by atoms with Crippen LogP contribution < -0.4 is 0 Å². The molecular weight excluding hydrogens is 241 g/mol. The lowest BCUT2D eigenvalue weighted by Crippen LogP contribution is -2.43. The lowest BCUT2D eigenvalue weighted by Gasteiger charge is -2.24. The molecule has 0 amide bonds. The predicted molar refractivity (Wildman–Crippen MR) is 52.6 cm³/mol. The Balaban J connectivity index is 2.52. The molecule has 0 aromatic rings. The third-order valence-electron chi connectivity index (χ3n) is 2.69. The first-order chi connectivity index (χ1) is 7.69. The summed E-state index contributed by atoms with van der Waals surface area (Å²) in [5, 5.41) is 18.2. The van der Waals surface area contributed by atoms with Crippen molar-refractivity contribution in [3.05, 3.63) is 0 Å². The largest absolute Gasteiger partial charge is 0.480 e. The minimum atomic E-state index is -4.31. The Hall–Kier alpha value is -0.860. The zero-order valence-corrected chi connectivity index (χ0v) is 9.31. The van der Waals surface area contributed by atoms with Gasteiger partial charge >= 0.3 is 12.1 Å². The quantitative estimate of drug-likeness (QED) is 0.717. The van der Waals surface area contributed by atoms with Crippen LogP contribution in [0.25, 0.3) is 0 Å². The number of halogens is 3. The van der Waals surface area contributed by atoms with E-state index in [9.17, 15) is 23.1 Å². The molecule has 0 bridgehead atoms. The van der Waals surface area contributed by atoms with Gasteiger partial charge in [0, 0.05) is 19.1 Å². The van der Waals surface area contributed by atoms with Crippen LogP contribution in [0, 0.1) is 0 Å². The van der Waals surface area contributed by atoms with Gasteiger partial charge in [0.2, 0.25) is 0 Å². The van der Waals surface area contributed by atoms with Crippen LogP contribution in [-0.2, 0) is 4.79 Å². The zero-order chi connectivity index (χ0) is 13.2. The summed E-state index contributed by atoms with van der Waals surface area (Å²) in [5.41, 5.74) is 0. The number of hydrogen-bond donors (Lipinski definition) is 2. The molecule has 0 spiro atoms. The van der Waals surface area contributed by atoms with Crippen molar-refractivity contribution in [2.24, 2.45) is 0 Å². The molecular formula is C9H15F3N2O3. The lowest BCUT2D eigenvalue weighted by molar-refractivity contribution is -0.145. The Labute approximate surface area is 96.4 Å². The van der Waals surface area contributed by atoms with Gasteiger partial charge in [-0.2, -0.15) is 13.2 Å². The minimum absolute atomic E-state index is 0.0183. The Morgan fingerprint density at radius 3 is 2.53 bits per heavy atom. The van der Waals surface area contributed by atoms with Gasteiger partial charge in [-0.3, -0.25) is 14.6 Å². The molecule has 1 aliphatic rings. The van der Waals surface area contributed by atoms with Crippen LogP contribution in [0.5, 0.6) is 0 Å². The van der Waals surface area contributed by atoms with Gasteiger partial charge in [0.15, 0.2) is 0 Å². The molecule has 17 heavy (non-hydrogen) atoms.